The molecule has 1 saturated heterocycles. The number of amides is 1. The molecule has 0 saturated carbocycles. The van der Waals surface area contributed by atoms with E-state index in [1.54, 1.807) is 17.0 Å². The highest BCUT2D eigenvalue weighted by Gasteiger charge is 2.28. The highest BCUT2D eigenvalue weighted by Crippen LogP contribution is 2.31. The fraction of sp³-hybridized carbons (Fsp3) is 0.500. The highest BCUT2D eigenvalue weighted by molar-refractivity contribution is 5.89. The van der Waals surface area contributed by atoms with Crippen molar-refractivity contribution < 1.29 is 19.4 Å². The van der Waals surface area contributed by atoms with Gasteiger partial charge >= 0.3 is 5.97 Å². The van der Waals surface area contributed by atoms with Crippen LogP contribution in [0, 0.1) is 0 Å². The average Bonchev–Trinajstić information content (AvgIpc) is 2.55. The summed E-state index contributed by atoms with van der Waals surface area (Å²) < 4.78 is 5.19. The number of esters is 1. The largest absolute Gasteiger partial charge is 0.423 e. The van der Waals surface area contributed by atoms with Crippen molar-refractivity contribution in [2.45, 2.75) is 0 Å². The summed E-state index contributed by atoms with van der Waals surface area (Å²) in [6.07, 6.45) is 0. The maximum atomic E-state index is 12.5. The fourth-order valence-corrected chi connectivity index (χ4v) is 2.97. The van der Waals surface area contributed by atoms with E-state index in [0.717, 1.165) is 18.8 Å². The minimum absolute atomic E-state index is 0.0122. The van der Waals surface area contributed by atoms with Crippen molar-refractivity contribution in [1.82, 2.24) is 9.80 Å². The Balaban J connectivity index is 1.61. The zero-order valence-electron chi connectivity index (χ0n) is 13.0. The molecule has 2 aliphatic rings. The molecule has 7 nitrogen and oxygen atoms in total. The molecule has 0 spiro atoms. The smallest absolute Gasteiger partial charge is 0.331 e. The van der Waals surface area contributed by atoms with Gasteiger partial charge in [-0.15, -0.1) is 0 Å². The van der Waals surface area contributed by atoms with Gasteiger partial charge in [0, 0.05) is 32.7 Å². The predicted molar refractivity (Wildman–Crippen MR) is 84.4 cm³/mol. The number of aliphatic hydroxyl groups is 1. The number of nitrogens with zero attached hydrogens (tertiary/aromatic N) is 3. The van der Waals surface area contributed by atoms with Crippen molar-refractivity contribution in [3.63, 3.8) is 0 Å². The number of aliphatic hydroxyl groups excluding tert-OH is 1. The van der Waals surface area contributed by atoms with Gasteiger partial charge in [-0.1, -0.05) is 12.1 Å². The second-order valence-electron chi connectivity index (χ2n) is 5.74. The molecule has 0 radical (unpaired) electrons. The Kier molecular flexibility index (Phi) is 4.78. The van der Waals surface area contributed by atoms with Gasteiger partial charge in [0.2, 0.25) is 5.91 Å². The van der Waals surface area contributed by atoms with E-state index in [4.69, 9.17) is 9.84 Å². The molecule has 1 N–H and O–H groups in total. The standard InChI is InChI=1S/C16H21N3O4/c20-10-9-17-5-7-18(8-6-17)15(21)11-19-12-16(22)23-14-4-2-1-3-13(14)19/h1-4,20H,5-12H2. The number of hydrogen-bond donors (Lipinski definition) is 1. The average molecular weight is 319 g/mol. The van der Waals surface area contributed by atoms with Gasteiger partial charge in [-0.3, -0.25) is 9.69 Å². The van der Waals surface area contributed by atoms with E-state index in [0.29, 0.717) is 25.4 Å². The number of rotatable bonds is 4. The van der Waals surface area contributed by atoms with Crippen LogP contribution in [0.15, 0.2) is 24.3 Å². The molecule has 2 aliphatic heterocycles. The molecule has 124 valence electrons. The van der Waals surface area contributed by atoms with E-state index in [-0.39, 0.29) is 31.6 Å². The molecule has 1 aromatic carbocycles. The van der Waals surface area contributed by atoms with Gasteiger partial charge in [0.05, 0.1) is 18.8 Å². The summed E-state index contributed by atoms with van der Waals surface area (Å²) in [5.74, 6) is 0.173. The number of carbonyl (C=O) groups is 2. The van der Waals surface area contributed by atoms with E-state index < -0.39 is 0 Å². The van der Waals surface area contributed by atoms with Crippen LogP contribution in [0.25, 0.3) is 0 Å². The van der Waals surface area contributed by atoms with E-state index in [1.165, 1.54) is 0 Å². The van der Waals surface area contributed by atoms with Crippen LogP contribution >= 0.6 is 0 Å². The minimum atomic E-state index is -0.343. The first-order valence-electron chi connectivity index (χ1n) is 7.83. The molecule has 1 amide bonds. The first-order valence-corrected chi connectivity index (χ1v) is 7.83. The molecule has 1 fully saturated rings. The van der Waals surface area contributed by atoms with Gasteiger partial charge in [0.15, 0.2) is 5.75 Å². The van der Waals surface area contributed by atoms with Gasteiger partial charge < -0.3 is 19.6 Å². The summed E-state index contributed by atoms with van der Waals surface area (Å²) in [5.41, 5.74) is 0.777. The van der Waals surface area contributed by atoms with Crippen LogP contribution in [-0.4, -0.2) is 79.2 Å². The lowest BCUT2D eigenvalue weighted by molar-refractivity contribution is -0.134. The molecule has 2 heterocycles. The summed E-state index contributed by atoms with van der Waals surface area (Å²) in [6, 6.07) is 7.26. The van der Waals surface area contributed by atoms with Crippen LogP contribution < -0.4 is 9.64 Å². The Morgan fingerprint density at radius 3 is 2.65 bits per heavy atom. The van der Waals surface area contributed by atoms with Crippen molar-refractivity contribution >= 4 is 17.6 Å². The second kappa shape index (κ2) is 6.97. The fourth-order valence-electron chi connectivity index (χ4n) is 2.97. The summed E-state index contributed by atoms with van der Waals surface area (Å²) in [5, 5.41) is 8.96. The molecule has 0 aromatic heterocycles. The third-order valence-electron chi connectivity index (χ3n) is 4.22. The Bertz CT molecular complexity index is 584. The highest BCUT2D eigenvalue weighted by atomic mass is 16.5. The van der Waals surface area contributed by atoms with E-state index in [9.17, 15) is 9.59 Å². The van der Waals surface area contributed by atoms with Crippen molar-refractivity contribution in [2.75, 3.05) is 57.3 Å². The first kappa shape index (κ1) is 15.8. The molecule has 0 unspecified atom stereocenters. The third kappa shape index (κ3) is 3.62. The third-order valence-corrected chi connectivity index (χ3v) is 4.22. The summed E-state index contributed by atoms with van der Waals surface area (Å²) >= 11 is 0. The van der Waals surface area contributed by atoms with Gasteiger partial charge in [0.25, 0.3) is 0 Å². The summed E-state index contributed by atoms with van der Waals surface area (Å²) in [4.78, 5) is 29.9. The molecular weight excluding hydrogens is 298 g/mol. The summed E-state index contributed by atoms with van der Waals surface area (Å²) in [6.45, 7) is 3.89. The van der Waals surface area contributed by atoms with Gasteiger partial charge in [-0.2, -0.15) is 0 Å². The molecule has 3 rings (SSSR count). The zero-order chi connectivity index (χ0) is 16.2. The van der Waals surface area contributed by atoms with Crippen LogP contribution in [-0.2, 0) is 9.59 Å². The Hall–Kier alpha value is -2.12. The number of carbonyl (C=O) groups excluding carboxylic acids is 2. The number of fused-ring (bicyclic) bond motifs is 1. The van der Waals surface area contributed by atoms with Crippen LogP contribution in [0.3, 0.4) is 0 Å². The quantitative estimate of drug-likeness (QED) is 0.598. The zero-order valence-corrected chi connectivity index (χ0v) is 13.0. The molecule has 1 aromatic rings. The number of piperazine rings is 1. The Morgan fingerprint density at radius 1 is 1.17 bits per heavy atom. The van der Waals surface area contributed by atoms with Crippen LogP contribution in [0.1, 0.15) is 0 Å². The lowest BCUT2D eigenvalue weighted by Crippen LogP contribution is -2.52. The second-order valence-corrected chi connectivity index (χ2v) is 5.74. The van der Waals surface area contributed by atoms with Crippen molar-refractivity contribution in [2.24, 2.45) is 0 Å². The summed E-state index contributed by atoms with van der Waals surface area (Å²) in [7, 11) is 0. The van der Waals surface area contributed by atoms with E-state index >= 15 is 0 Å². The number of hydrogen-bond acceptors (Lipinski definition) is 6. The molecular formula is C16H21N3O4. The maximum absolute atomic E-state index is 12.5. The number of β-amino-alcohol motifs (C(OH)–C–C–N with tert-alkyl or cyclic N) is 1. The lowest BCUT2D eigenvalue weighted by Gasteiger charge is -2.36. The van der Waals surface area contributed by atoms with Crippen LogP contribution in [0.4, 0.5) is 5.69 Å². The van der Waals surface area contributed by atoms with Gasteiger partial charge in [-0.05, 0) is 12.1 Å². The Morgan fingerprint density at radius 2 is 1.91 bits per heavy atom. The van der Waals surface area contributed by atoms with Gasteiger partial charge in [-0.25, -0.2) is 4.79 Å². The molecule has 7 heteroatoms. The Labute approximate surface area is 135 Å². The number of ether oxygens (including phenoxy) is 1. The normalized spacial score (nSPS) is 18.6. The molecule has 0 bridgehead atoms. The number of benzene rings is 1. The van der Waals surface area contributed by atoms with Crippen molar-refractivity contribution in [3.05, 3.63) is 24.3 Å². The van der Waals surface area contributed by atoms with E-state index in [2.05, 4.69) is 4.90 Å². The number of para-hydroxylation sites is 2. The first-order chi connectivity index (χ1) is 11.2. The maximum Gasteiger partial charge on any atom is 0.331 e. The molecule has 0 atom stereocenters. The topological polar surface area (TPSA) is 73.3 Å². The van der Waals surface area contributed by atoms with E-state index in [1.807, 2.05) is 17.0 Å². The van der Waals surface area contributed by atoms with Crippen molar-refractivity contribution in [3.8, 4) is 5.75 Å². The minimum Gasteiger partial charge on any atom is -0.423 e. The van der Waals surface area contributed by atoms with Crippen LogP contribution in [0.5, 0.6) is 5.75 Å². The SMILES string of the molecule is O=C1CN(CC(=O)N2CCN(CCO)CC2)c2ccccc2O1. The van der Waals surface area contributed by atoms with Crippen LogP contribution in [0.2, 0.25) is 0 Å². The van der Waals surface area contributed by atoms with Gasteiger partial charge in [0.1, 0.15) is 6.54 Å². The monoisotopic (exact) mass is 319 g/mol. The predicted octanol–water partition coefficient (Wildman–Crippen LogP) is -0.451. The molecule has 0 aliphatic carbocycles. The van der Waals surface area contributed by atoms with Crippen molar-refractivity contribution in [1.29, 1.82) is 0 Å². The molecule has 23 heavy (non-hydrogen) atoms. The lowest BCUT2D eigenvalue weighted by atomic mass is 10.2. The number of anilines is 1.